The smallest absolute Gasteiger partial charge is 0.338 e. The largest absolute Gasteiger partial charge is 0.456 e. The monoisotopic (exact) mass is 765 g/mol. The van der Waals surface area contributed by atoms with Gasteiger partial charge in [-0.15, -0.1) is 5.10 Å². The van der Waals surface area contributed by atoms with E-state index in [1.165, 1.54) is 23.2 Å². The summed E-state index contributed by atoms with van der Waals surface area (Å²) in [5.74, 6) is -2.49. The molecule has 284 valence electrons. The molecule has 55 heavy (non-hydrogen) atoms. The summed E-state index contributed by atoms with van der Waals surface area (Å²) in [5.41, 5.74) is 3.61. The molecule has 2 N–H and O–H groups in total. The van der Waals surface area contributed by atoms with Gasteiger partial charge in [0.05, 0.1) is 16.8 Å². The van der Waals surface area contributed by atoms with E-state index in [4.69, 9.17) is 16.3 Å². The number of hydrogen-bond acceptors (Lipinski definition) is 8. The number of likely N-dealkylation sites (N-methyl/N-ethyl adjacent to an activating group) is 1. The number of rotatable bonds is 10. The molecule has 4 aromatic carbocycles. The Morgan fingerprint density at radius 3 is 2.33 bits per heavy atom. The van der Waals surface area contributed by atoms with Gasteiger partial charge in [0.1, 0.15) is 17.3 Å². The van der Waals surface area contributed by atoms with E-state index in [-0.39, 0.29) is 28.9 Å². The Morgan fingerprint density at radius 1 is 0.945 bits per heavy atom. The summed E-state index contributed by atoms with van der Waals surface area (Å²) < 4.78 is 21.4. The van der Waals surface area contributed by atoms with Gasteiger partial charge in [0.2, 0.25) is 0 Å². The van der Waals surface area contributed by atoms with E-state index < -0.39 is 35.2 Å². The van der Waals surface area contributed by atoms with Crippen molar-refractivity contribution in [2.75, 3.05) is 39.0 Å². The zero-order valence-corrected chi connectivity index (χ0v) is 31.9. The number of ether oxygens (including phenoxy) is 1. The van der Waals surface area contributed by atoms with Crippen LogP contribution in [0.1, 0.15) is 69.1 Å². The minimum atomic E-state index is -1.11. The first-order valence-corrected chi connectivity index (χ1v) is 18.0. The van der Waals surface area contributed by atoms with Crippen molar-refractivity contribution in [2.45, 2.75) is 38.8 Å². The molecule has 2 heterocycles. The Balaban J connectivity index is 1.32. The van der Waals surface area contributed by atoms with Gasteiger partial charge in [-0.3, -0.25) is 14.4 Å². The normalized spacial score (nSPS) is 14.0. The SMILES string of the molecule is CN(C)CCNC(=O)c1ccc(-c2cccc3c2CCN(C(=O)c2cn(-c4cccc(Cl)c4F)nn2)[C@H]3C(=O)Nc2ccc(C(=O)OC(C)(C)C)cc2)cc1. The van der Waals surface area contributed by atoms with Crippen LogP contribution in [0.25, 0.3) is 16.8 Å². The maximum Gasteiger partial charge on any atom is 0.338 e. The molecular weight excluding hydrogens is 725 g/mol. The number of halogens is 2. The fourth-order valence-electron chi connectivity index (χ4n) is 6.27. The standard InChI is InChI=1S/C41H41ClFN7O5/c1-41(2,3)55-40(54)27-16-18-28(19-17-27)45-38(52)36-31-9-6-8-29(25-12-14-26(15-13-25)37(51)44-21-23-48(4)5)30(31)20-22-49(36)39(53)33-24-50(47-46-33)34-11-7-10-32(42)35(34)43/h6-19,24,36H,20-23H2,1-5H3,(H,44,51)(H,45,52)/t36-/m1/s1. The molecule has 0 saturated carbocycles. The van der Waals surface area contributed by atoms with Crippen LogP contribution in [0.2, 0.25) is 5.02 Å². The number of carbonyl (C=O) groups is 4. The van der Waals surface area contributed by atoms with Crippen LogP contribution in [0.5, 0.6) is 0 Å². The molecule has 0 radical (unpaired) electrons. The highest BCUT2D eigenvalue weighted by molar-refractivity contribution is 6.30. The van der Waals surface area contributed by atoms with E-state index in [1.807, 2.05) is 43.3 Å². The van der Waals surface area contributed by atoms with Crippen molar-refractivity contribution in [3.8, 4) is 16.8 Å². The third kappa shape index (κ3) is 8.90. The van der Waals surface area contributed by atoms with Gasteiger partial charge in [-0.1, -0.05) is 53.2 Å². The van der Waals surface area contributed by atoms with Crippen LogP contribution in [-0.2, 0) is 16.0 Å². The van der Waals surface area contributed by atoms with Gasteiger partial charge in [-0.05, 0) is 112 Å². The first kappa shape index (κ1) is 38.8. The maximum absolute atomic E-state index is 14.8. The van der Waals surface area contributed by atoms with Gasteiger partial charge in [-0.2, -0.15) is 0 Å². The predicted molar refractivity (Wildman–Crippen MR) is 207 cm³/mol. The molecule has 0 aliphatic carbocycles. The Labute approximate surface area is 323 Å². The first-order chi connectivity index (χ1) is 26.2. The van der Waals surface area contributed by atoms with Gasteiger partial charge in [-0.25, -0.2) is 13.9 Å². The number of nitrogens with zero attached hydrogens (tertiary/aromatic N) is 5. The molecule has 0 unspecified atom stereocenters. The average molecular weight is 766 g/mol. The predicted octanol–water partition coefficient (Wildman–Crippen LogP) is 6.35. The van der Waals surface area contributed by atoms with Crippen LogP contribution in [0, 0.1) is 5.82 Å². The summed E-state index contributed by atoms with van der Waals surface area (Å²) in [6, 6.07) is 22.4. The topological polar surface area (TPSA) is 139 Å². The summed E-state index contributed by atoms with van der Waals surface area (Å²) >= 11 is 5.98. The number of benzene rings is 4. The van der Waals surface area contributed by atoms with Crippen molar-refractivity contribution in [1.82, 2.24) is 30.1 Å². The molecule has 12 nitrogen and oxygen atoms in total. The lowest BCUT2D eigenvalue weighted by molar-refractivity contribution is -0.121. The van der Waals surface area contributed by atoms with E-state index >= 15 is 0 Å². The van der Waals surface area contributed by atoms with Crippen LogP contribution in [0.15, 0.2) is 91.1 Å². The number of esters is 1. The summed E-state index contributed by atoms with van der Waals surface area (Å²) in [5, 5.41) is 13.7. The van der Waals surface area contributed by atoms with Crippen molar-refractivity contribution in [1.29, 1.82) is 0 Å². The molecule has 3 amide bonds. The number of amides is 3. The number of nitrogens with one attached hydrogen (secondary N) is 2. The van der Waals surface area contributed by atoms with Crippen molar-refractivity contribution in [2.24, 2.45) is 0 Å². The highest BCUT2D eigenvalue weighted by Crippen LogP contribution is 2.38. The molecule has 1 aliphatic rings. The Hall–Kier alpha value is -5.92. The third-order valence-corrected chi connectivity index (χ3v) is 9.20. The Bertz CT molecular complexity index is 2230. The van der Waals surface area contributed by atoms with Crippen LogP contribution in [0.3, 0.4) is 0 Å². The van der Waals surface area contributed by atoms with Crippen molar-refractivity contribution < 1.29 is 28.3 Å². The Morgan fingerprint density at radius 2 is 1.64 bits per heavy atom. The van der Waals surface area contributed by atoms with E-state index in [0.717, 1.165) is 21.4 Å². The van der Waals surface area contributed by atoms with Crippen molar-refractivity contribution in [3.05, 3.63) is 130 Å². The molecule has 5 aromatic rings. The van der Waals surface area contributed by atoms with Crippen LogP contribution >= 0.6 is 11.6 Å². The van der Waals surface area contributed by atoms with Gasteiger partial charge in [0.15, 0.2) is 11.5 Å². The van der Waals surface area contributed by atoms with Gasteiger partial charge >= 0.3 is 5.97 Å². The van der Waals surface area contributed by atoms with Crippen molar-refractivity contribution in [3.63, 3.8) is 0 Å². The first-order valence-electron chi connectivity index (χ1n) is 17.7. The molecule has 0 spiro atoms. The van der Waals surface area contributed by atoms with E-state index in [1.54, 1.807) is 69.3 Å². The molecular formula is C41H41ClFN7O5. The fraction of sp³-hybridized carbons (Fsp3) is 0.268. The zero-order chi connectivity index (χ0) is 39.4. The van der Waals surface area contributed by atoms with E-state index in [9.17, 15) is 23.6 Å². The third-order valence-electron chi connectivity index (χ3n) is 8.91. The summed E-state index contributed by atoms with van der Waals surface area (Å²) in [6.07, 6.45) is 1.70. The van der Waals surface area contributed by atoms with Gasteiger partial charge in [0.25, 0.3) is 17.7 Å². The minimum absolute atomic E-state index is 0.00821. The molecule has 14 heteroatoms. The van der Waals surface area contributed by atoms with Crippen LogP contribution in [-0.4, -0.2) is 87.8 Å². The van der Waals surface area contributed by atoms with Gasteiger partial charge in [0, 0.05) is 30.9 Å². The van der Waals surface area contributed by atoms with Crippen LogP contribution < -0.4 is 10.6 Å². The molecule has 6 rings (SSSR count). The second kappa shape index (κ2) is 16.2. The molecule has 1 atom stereocenters. The summed E-state index contributed by atoms with van der Waals surface area (Å²) in [4.78, 5) is 57.3. The number of aromatic nitrogens is 3. The average Bonchev–Trinajstić information content (AvgIpc) is 3.64. The summed E-state index contributed by atoms with van der Waals surface area (Å²) in [7, 11) is 3.87. The summed E-state index contributed by atoms with van der Waals surface area (Å²) in [6.45, 7) is 6.70. The van der Waals surface area contributed by atoms with Crippen molar-refractivity contribution >= 4 is 41.0 Å². The Kier molecular flexibility index (Phi) is 11.4. The second-order valence-electron chi connectivity index (χ2n) is 14.4. The molecule has 0 fully saturated rings. The number of fused-ring (bicyclic) bond motifs is 1. The lowest BCUT2D eigenvalue weighted by atomic mass is 9.85. The molecule has 0 saturated heterocycles. The zero-order valence-electron chi connectivity index (χ0n) is 31.1. The van der Waals surface area contributed by atoms with Crippen LogP contribution in [0.4, 0.5) is 10.1 Å². The highest BCUT2D eigenvalue weighted by atomic mass is 35.5. The maximum atomic E-state index is 14.8. The highest BCUT2D eigenvalue weighted by Gasteiger charge is 2.38. The molecule has 1 aromatic heterocycles. The fourth-order valence-corrected chi connectivity index (χ4v) is 6.44. The second-order valence-corrected chi connectivity index (χ2v) is 14.8. The number of anilines is 1. The molecule has 1 aliphatic heterocycles. The number of hydrogen-bond donors (Lipinski definition) is 2. The quantitative estimate of drug-likeness (QED) is 0.157. The van der Waals surface area contributed by atoms with E-state index in [2.05, 4.69) is 20.9 Å². The minimum Gasteiger partial charge on any atom is -0.456 e. The molecule has 0 bridgehead atoms. The van der Waals surface area contributed by atoms with Gasteiger partial charge < -0.3 is 25.2 Å². The number of carbonyl (C=O) groups excluding carboxylic acids is 4. The lowest BCUT2D eigenvalue weighted by Crippen LogP contribution is -2.45. The lowest BCUT2D eigenvalue weighted by Gasteiger charge is -2.37. The van der Waals surface area contributed by atoms with E-state index in [0.29, 0.717) is 41.9 Å².